The molecule has 0 bridgehead atoms. The smallest absolute Gasteiger partial charge is 0.238 e. The van der Waals surface area contributed by atoms with Crippen LogP contribution in [0.2, 0.25) is 0 Å². The average molecular weight is 461 g/mol. The molecule has 0 saturated carbocycles. The second-order valence-corrected chi connectivity index (χ2v) is 8.73. The molecule has 0 spiro atoms. The van der Waals surface area contributed by atoms with Gasteiger partial charge in [0.15, 0.2) is 0 Å². The lowest BCUT2D eigenvalue weighted by Gasteiger charge is -2.31. The average Bonchev–Trinajstić information content (AvgIpc) is 3.11. The summed E-state index contributed by atoms with van der Waals surface area (Å²) in [5.41, 5.74) is 3.87. The predicted molar refractivity (Wildman–Crippen MR) is 124 cm³/mol. The number of hydrogen-bond donors (Lipinski definition) is 2. The Labute approximate surface area is 196 Å². The molecule has 8 nitrogen and oxygen atoms in total. The number of nitrogens with zero attached hydrogens (tertiary/aromatic N) is 2. The van der Waals surface area contributed by atoms with Crippen molar-refractivity contribution in [3.05, 3.63) is 34.6 Å². The molecule has 3 rings (SSSR count). The molecule has 3 atom stereocenters. The van der Waals surface area contributed by atoms with E-state index in [2.05, 4.69) is 12.8 Å². The van der Waals surface area contributed by atoms with Gasteiger partial charge in [-0.3, -0.25) is 4.68 Å². The van der Waals surface area contributed by atoms with E-state index < -0.39 is 18.5 Å². The molecule has 1 aromatic rings. The topological polar surface area (TPSA) is 95.2 Å². The first kappa shape index (κ1) is 25.5. The number of methoxy groups -OCH3 is 1. The van der Waals surface area contributed by atoms with Crippen LogP contribution < -0.4 is 4.74 Å². The van der Waals surface area contributed by atoms with Crippen LogP contribution in [0, 0.1) is 19.3 Å². The Morgan fingerprint density at radius 3 is 2.73 bits per heavy atom. The van der Waals surface area contributed by atoms with Crippen LogP contribution >= 0.6 is 0 Å². The first-order valence-corrected chi connectivity index (χ1v) is 11.5. The monoisotopic (exact) mass is 460 g/mol. The minimum Gasteiger partial charge on any atom is -0.446 e. The Bertz CT molecular complexity index is 878. The van der Waals surface area contributed by atoms with E-state index in [0.717, 1.165) is 35.2 Å². The Morgan fingerprint density at radius 1 is 1.30 bits per heavy atom. The van der Waals surface area contributed by atoms with Crippen LogP contribution in [0.1, 0.15) is 49.9 Å². The maximum Gasteiger partial charge on any atom is 0.238 e. The SMILES string of the molecule is C#C/C(=C\C=C(/C)Cc1c(OC2CC(O)CC(CO)O2)nn(C2CCOCC2)c1C)COC. The molecule has 3 heterocycles. The molecule has 2 N–H and O–H groups in total. The lowest BCUT2D eigenvalue weighted by atomic mass is 10.0. The summed E-state index contributed by atoms with van der Waals surface area (Å²) in [6, 6.07) is 0.247. The van der Waals surface area contributed by atoms with Crippen molar-refractivity contribution in [2.24, 2.45) is 0 Å². The van der Waals surface area contributed by atoms with Crippen LogP contribution in [0.15, 0.2) is 23.3 Å². The molecule has 182 valence electrons. The van der Waals surface area contributed by atoms with Gasteiger partial charge in [-0.25, -0.2) is 0 Å². The first-order valence-electron chi connectivity index (χ1n) is 11.5. The molecular weight excluding hydrogens is 424 g/mol. The molecular formula is C25H36N2O6. The normalized spacial score (nSPS) is 25.2. The van der Waals surface area contributed by atoms with E-state index in [-0.39, 0.29) is 12.6 Å². The molecule has 2 aliphatic heterocycles. The number of terminal acetylenes is 1. The summed E-state index contributed by atoms with van der Waals surface area (Å²) in [5, 5.41) is 24.5. The van der Waals surface area contributed by atoms with Crippen LogP contribution in [-0.4, -0.2) is 72.0 Å². The van der Waals surface area contributed by atoms with Crippen molar-refractivity contribution in [2.45, 2.75) is 70.5 Å². The molecule has 0 radical (unpaired) electrons. The van der Waals surface area contributed by atoms with Crippen LogP contribution in [0.3, 0.4) is 0 Å². The third kappa shape index (κ3) is 6.92. The summed E-state index contributed by atoms with van der Waals surface area (Å²) in [5.74, 6) is 3.14. The van der Waals surface area contributed by atoms with Gasteiger partial charge in [-0.2, -0.15) is 0 Å². The van der Waals surface area contributed by atoms with Crippen LogP contribution in [0.5, 0.6) is 5.88 Å². The van der Waals surface area contributed by atoms with Gasteiger partial charge in [-0.1, -0.05) is 17.6 Å². The van der Waals surface area contributed by atoms with E-state index in [1.807, 2.05) is 23.8 Å². The fourth-order valence-electron chi connectivity index (χ4n) is 4.25. The van der Waals surface area contributed by atoms with Gasteiger partial charge >= 0.3 is 0 Å². The van der Waals surface area contributed by atoms with Gasteiger partial charge in [0.05, 0.1) is 31.5 Å². The zero-order valence-electron chi connectivity index (χ0n) is 19.8. The highest BCUT2D eigenvalue weighted by Gasteiger charge is 2.31. The fraction of sp³-hybridized carbons (Fsp3) is 0.640. The molecule has 3 unspecified atom stereocenters. The van der Waals surface area contributed by atoms with Crippen molar-refractivity contribution < 1.29 is 29.2 Å². The Morgan fingerprint density at radius 2 is 2.06 bits per heavy atom. The zero-order valence-corrected chi connectivity index (χ0v) is 19.8. The quantitative estimate of drug-likeness (QED) is 0.432. The number of rotatable bonds is 9. The van der Waals surface area contributed by atoms with Crippen molar-refractivity contribution in [2.75, 3.05) is 33.5 Å². The van der Waals surface area contributed by atoms with Gasteiger partial charge in [0.2, 0.25) is 12.2 Å². The van der Waals surface area contributed by atoms with Gasteiger partial charge < -0.3 is 29.2 Å². The summed E-state index contributed by atoms with van der Waals surface area (Å²) in [6.07, 6.45) is 10.9. The predicted octanol–water partition coefficient (Wildman–Crippen LogP) is 2.47. The molecule has 0 amide bonds. The standard InChI is InChI=1S/C25H36N2O6/c1-5-19(16-30-4)7-6-17(2)12-23-18(3)27(20-8-10-31-11-9-20)26-25(23)33-24-14-21(29)13-22(15-28)32-24/h1,6-7,20-22,24,28-29H,8-16H2,2-4H3/b17-6+,19-7+. The van der Waals surface area contributed by atoms with Gasteiger partial charge in [-0.15, -0.1) is 11.5 Å². The maximum absolute atomic E-state index is 10.2. The number of aliphatic hydroxyl groups is 2. The largest absolute Gasteiger partial charge is 0.446 e. The second kappa shape index (κ2) is 12.4. The third-order valence-corrected chi connectivity index (χ3v) is 6.07. The van der Waals surface area contributed by atoms with Crippen LogP contribution in [0.25, 0.3) is 0 Å². The summed E-state index contributed by atoms with van der Waals surface area (Å²) < 4.78 is 24.7. The Balaban J connectivity index is 1.86. The molecule has 2 fully saturated rings. The highest BCUT2D eigenvalue weighted by atomic mass is 16.7. The van der Waals surface area contributed by atoms with Gasteiger partial charge in [-0.05, 0) is 32.8 Å². The minimum atomic E-state index is -0.666. The second-order valence-electron chi connectivity index (χ2n) is 8.73. The number of ether oxygens (including phenoxy) is 4. The summed E-state index contributed by atoms with van der Waals surface area (Å²) in [4.78, 5) is 0. The van der Waals surface area contributed by atoms with Crippen molar-refractivity contribution in [1.82, 2.24) is 9.78 Å². The van der Waals surface area contributed by atoms with Crippen molar-refractivity contribution in [3.8, 4) is 18.2 Å². The van der Waals surface area contributed by atoms with E-state index in [1.165, 1.54) is 0 Å². The van der Waals surface area contributed by atoms with E-state index >= 15 is 0 Å². The number of aliphatic hydroxyl groups excluding tert-OH is 2. The number of aromatic nitrogens is 2. The molecule has 0 aliphatic carbocycles. The van der Waals surface area contributed by atoms with Gasteiger partial charge in [0.1, 0.15) is 0 Å². The van der Waals surface area contributed by atoms with Crippen molar-refractivity contribution in [3.63, 3.8) is 0 Å². The van der Waals surface area contributed by atoms with E-state index in [9.17, 15) is 10.2 Å². The highest BCUT2D eigenvalue weighted by Crippen LogP contribution is 2.32. The van der Waals surface area contributed by atoms with Gasteiger partial charge in [0.25, 0.3) is 0 Å². The first-order chi connectivity index (χ1) is 15.9. The molecule has 2 saturated heterocycles. The maximum atomic E-state index is 10.2. The Hall–Kier alpha value is -2.15. The number of allylic oxidation sites excluding steroid dienone is 3. The molecule has 0 aromatic carbocycles. The third-order valence-electron chi connectivity index (χ3n) is 6.07. The molecule has 8 heteroatoms. The fourth-order valence-corrected chi connectivity index (χ4v) is 4.25. The highest BCUT2D eigenvalue weighted by molar-refractivity contribution is 5.37. The lowest BCUT2D eigenvalue weighted by molar-refractivity contribution is -0.186. The summed E-state index contributed by atoms with van der Waals surface area (Å²) >= 11 is 0. The number of hydrogen-bond acceptors (Lipinski definition) is 7. The Kier molecular flexibility index (Phi) is 9.53. The molecule has 33 heavy (non-hydrogen) atoms. The lowest BCUT2D eigenvalue weighted by Crippen LogP contribution is -2.40. The zero-order chi connectivity index (χ0) is 23.8. The minimum absolute atomic E-state index is 0.160. The van der Waals surface area contributed by atoms with Crippen molar-refractivity contribution in [1.29, 1.82) is 0 Å². The van der Waals surface area contributed by atoms with E-state index in [4.69, 9.17) is 30.5 Å². The molecule has 1 aromatic heterocycles. The molecule has 2 aliphatic rings. The van der Waals surface area contributed by atoms with Crippen LogP contribution in [0.4, 0.5) is 0 Å². The summed E-state index contributed by atoms with van der Waals surface area (Å²) in [6.45, 7) is 5.75. The summed E-state index contributed by atoms with van der Waals surface area (Å²) in [7, 11) is 1.62. The van der Waals surface area contributed by atoms with Gasteiger partial charge in [0, 0.05) is 56.4 Å². The van der Waals surface area contributed by atoms with E-state index in [1.54, 1.807) is 7.11 Å². The van der Waals surface area contributed by atoms with Crippen molar-refractivity contribution >= 4 is 0 Å². The van der Waals surface area contributed by atoms with Crippen LogP contribution in [-0.2, 0) is 20.6 Å². The van der Waals surface area contributed by atoms with E-state index in [0.29, 0.717) is 45.0 Å².